The molecule has 0 aromatic carbocycles. The quantitative estimate of drug-likeness (QED) is 0.633. The molecule has 3 heteroatoms. The molecule has 0 amide bonds. The fourth-order valence-corrected chi connectivity index (χ4v) is 1.88. The second-order valence-electron chi connectivity index (χ2n) is 5.42. The van der Waals surface area contributed by atoms with Crippen LogP contribution in [0.2, 0.25) is 0 Å². The van der Waals surface area contributed by atoms with Gasteiger partial charge in [0.1, 0.15) is 0 Å². The minimum absolute atomic E-state index is 0.147. The molecule has 0 aromatic heterocycles. The van der Waals surface area contributed by atoms with Crippen molar-refractivity contribution >= 4 is 5.97 Å². The van der Waals surface area contributed by atoms with Crippen LogP contribution in [0.25, 0.3) is 0 Å². The topological polar surface area (TPSA) is 38.3 Å². The average Bonchev–Trinajstić information content (AvgIpc) is 2.32. The Morgan fingerprint density at radius 2 is 2.00 bits per heavy atom. The zero-order valence-electron chi connectivity index (χ0n) is 12.1. The molecule has 17 heavy (non-hydrogen) atoms. The first kappa shape index (κ1) is 16.4. The molecule has 1 atom stereocenters. The summed E-state index contributed by atoms with van der Waals surface area (Å²) in [7, 11) is 1.44. The van der Waals surface area contributed by atoms with Crippen molar-refractivity contribution in [1.82, 2.24) is 5.32 Å². The van der Waals surface area contributed by atoms with Crippen molar-refractivity contribution in [3.63, 3.8) is 0 Å². The summed E-state index contributed by atoms with van der Waals surface area (Å²) in [4.78, 5) is 11.5. The molecule has 0 bridgehead atoms. The largest absolute Gasteiger partial charge is 0.469 e. The summed E-state index contributed by atoms with van der Waals surface area (Å²) in [5.74, 6) is 0.579. The van der Waals surface area contributed by atoms with Crippen molar-refractivity contribution in [3.8, 4) is 0 Å². The highest BCUT2D eigenvalue weighted by atomic mass is 16.5. The maximum Gasteiger partial charge on any atom is 0.312 e. The summed E-state index contributed by atoms with van der Waals surface area (Å²) < 4.78 is 4.78. The van der Waals surface area contributed by atoms with Gasteiger partial charge in [-0.1, -0.05) is 33.1 Å². The number of esters is 1. The number of carbonyl (C=O) groups is 1. The first-order valence-electron chi connectivity index (χ1n) is 6.77. The standard InChI is InChI=1S/C14H29NO2/c1-6-8-9-12(7-2)10-15-11-14(3,4)13(16)17-5/h12,15H,6-11H2,1-5H3. The van der Waals surface area contributed by atoms with Gasteiger partial charge in [-0.25, -0.2) is 0 Å². The normalized spacial score (nSPS) is 13.5. The Bertz CT molecular complexity index is 214. The van der Waals surface area contributed by atoms with Crippen LogP contribution < -0.4 is 5.32 Å². The monoisotopic (exact) mass is 243 g/mol. The Morgan fingerprint density at radius 1 is 1.35 bits per heavy atom. The summed E-state index contributed by atoms with van der Waals surface area (Å²) in [6.07, 6.45) is 5.02. The lowest BCUT2D eigenvalue weighted by Crippen LogP contribution is -2.38. The second kappa shape index (κ2) is 8.51. The van der Waals surface area contributed by atoms with E-state index in [9.17, 15) is 4.79 Å². The molecular formula is C14H29NO2. The summed E-state index contributed by atoms with van der Waals surface area (Å²) in [6.45, 7) is 9.96. The Hall–Kier alpha value is -0.570. The van der Waals surface area contributed by atoms with Crippen LogP contribution in [-0.2, 0) is 9.53 Å². The lowest BCUT2D eigenvalue weighted by atomic mass is 9.93. The number of carbonyl (C=O) groups excluding carboxylic acids is 1. The maximum absolute atomic E-state index is 11.5. The van der Waals surface area contributed by atoms with Gasteiger partial charge in [-0.15, -0.1) is 0 Å². The van der Waals surface area contributed by atoms with E-state index in [-0.39, 0.29) is 5.97 Å². The molecule has 0 aliphatic heterocycles. The molecule has 0 radical (unpaired) electrons. The van der Waals surface area contributed by atoms with E-state index in [1.54, 1.807) is 0 Å². The predicted molar refractivity (Wildman–Crippen MR) is 72.0 cm³/mol. The van der Waals surface area contributed by atoms with Crippen LogP contribution in [-0.4, -0.2) is 26.2 Å². The van der Waals surface area contributed by atoms with Crippen molar-refractivity contribution in [2.45, 2.75) is 53.4 Å². The smallest absolute Gasteiger partial charge is 0.312 e. The van der Waals surface area contributed by atoms with E-state index in [0.29, 0.717) is 6.54 Å². The van der Waals surface area contributed by atoms with Crippen LogP contribution in [0, 0.1) is 11.3 Å². The molecule has 0 saturated heterocycles. The van der Waals surface area contributed by atoms with Crippen molar-refractivity contribution in [2.75, 3.05) is 20.2 Å². The fraction of sp³-hybridized carbons (Fsp3) is 0.929. The molecule has 0 heterocycles. The van der Waals surface area contributed by atoms with Crippen LogP contribution in [0.5, 0.6) is 0 Å². The number of unbranched alkanes of at least 4 members (excludes halogenated alkanes) is 1. The van der Waals surface area contributed by atoms with Crippen molar-refractivity contribution in [1.29, 1.82) is 0 Å². The van der Waals surface area contributed by atoms with Crippen LogP contribution in [0.15, 0.2) is 0 Å². The summed E-state index contributed by atoms with van der Waals surface area (Å²) >= 11 is 0. The van der Waals surface area contributed by atoms with Gasteiger partial charge in [0.25, 0.3) is 0 Å². The first-order valence-corrected chi connectivity index (χ1v) is 6.77. The Kier molecular flexibility index (Phi) is 8.23. The maximum atomic E-state index is 11.5. The number of hydrogen-bond acceptors (Lipinski definition) is 3. The van der Waals surface area contributed by atoms with Gasteiger partial charge in [-0.05, 0) is 32.7 Å². The molecular weight excluding hydrogens is 214 g/mol. The third kappa shape index (κ3) is 6.67. The van der Waals surface area contributed by atoms with Crippen LogP contribution in [0.3, 0.4) is 0 Å². The first-order chi connectivity index (χ1) is 7.97. The number of hydrogen-bond donors (Lipinski definition) is 1. The van der Waals surface area contributed by atoms with E-state index in [0.717, 1.165) is 12.5 Å². The van der Waals surface area contributed by atoms with E-state index in [1.165, 1.54) is 32.8 Å². The minimum atomic E-state index is -0.433. The van der Waals surface area contributed by atoms with Gasteiger partial charge in [-0.3, -0.25) is 4.79 Å². The van der Waals surface area contributed by atoms with Crippen LogP contribution in [0.1, 0.15) is 53.4 Å². The van der Waals surface area contributed by atoms with E-state index in [4.69, 9.17) is 4.74 Å². The highest BCUT2D eigenvalue weighted by Gasteiger charge is 2.28. The van der Waals surface area contributed by atoms with Gasteiger partial charge in [0.15, 0.2) is 0 Å². The Morgan fingerprint density at radius 3 is 2.47 bits per heavy atom. The SMILES string of the molecule is CCCCC(CC)CNCC(C)(C)C(=O)OC. The average molecular weight is 243 g/mol. The van der Waals surface area contributed by atoms with E-state index in [1.807, 2.05) is 13.8 Å². The molecule has 3 nitrogen and oxygen atoms in total. The number of ether oxygens (including phenoxy) is 1. The van der Waals surface area contributed by atoms with Crippen LogP contribution >= 0.6 is 0 Å². The van der Waals surface area contributed by atoms with E-state index >= 15 is 0 Å². The molecule has 0 rings (SSSR count). The van der Waals surface area contributed by atoms with Gasteiger partial charge in [0.2, 0.25) is 0 Å². The molecule has 0 fully saturated rings. The predicted octanol–water partition coefficient (Wildman–Crippen LogP) is 2.99. The van der Waals surface area contributed by atoms with Gasteiger partial charge in [0, 0.05) is 6.54 Å². The molecule has 102 valence electrons. The molecule has 1 N–H and O–H groups in total. The van der Waals surface area contributed by atoms with E-state index in [2.05, 4.69) is 19.2 Å². The van der Waals surface area contributed by atoms with Gasteiger partial charge < -0.3 is 10.1 Å². The second-order valence-corrected chi connectivity index (χ2v) is 5.42. The van der Waals surface area contributed by atoms with Crippen LogP contribution in [0.4, 0.5) is 0 Å². The Balaban J connectivity index is 3.91. The molecule has 0 saturated carbocycles. The molecule has 0 spiro atoms. The zero-order chi connectivity index (χ0) is 13.3. The van der Waals surface area contributed by atoms with E-state index < -0.39 is 5.41 Å². The lowest BCUT2D eigenvalue weighted by molar-refractivity contribution is -0.150. The summed E-state index contributed by atoms with van der Waals surface area (Å²) in [5.41, 5.74) is -0.433. The van der Waals surface area contributed by atoms with Crippen molar-refractivity contribution in [3.05, 3.63) is 0 Å². The summed E-state index contributed by atoms with van der Waals surface area (Å²) in [6, 6.07) is 0. The lowest BCUT2D eigenvalue weighted by Gasteiger charge is -2.23. The molecule has 0 aliphatic rings. The highest BCUT2D eigenvalue weighted by molar-refractivity contribution is 5.76. The highest BCUT2D eigenvalue weighted by Crippen LogP contribution is 2.16. The third-order valence-corrected chi connectivity index (χ3v) is 3.28. The number of methoxy groups -OCH3 is 1. The molecule has 0 aliphatic carbocycles. The number of nitrogens with one attached hydrogen (secondary N) is 1. The number of rotatable bonds is 9. The fourth-order valence-electron chi connectivity index (χ4n) is 1.88. The molecule has 0 aromatic rings. The minimum Gasteiger partial charge on any atom is -0.469 e. The van der Waals surface area contributed by atoms with Gasteiger partial charge in [0.05, 0.1) is 12.5 Å². The summed E-state index contributed by atoms with van der Waals surface area (Å²) in [5, 5.41) is 3.40. The Labute approximate surface area is 106 Å². The van der Waals surface area contributed by atoms with Crippen molar-refractivity contribution < 1.29 is 9.53 Å². The zero-order valence-corrected chi connectivity index (χ0v) is 12.1. The van der Waals surface area contributed by atoms with Crippen molar-refractivity contribution in [2.24, 2.45) is 11.3 Å². The molecule has 1 unspecified atom stereocenters. The van der Waals surface area contributed by atoms with Gasteiger partial charge >= 0.3 is 5.97 Å². The van der Waals surface area contributed by atoms with Gasteiger partial charge in [-0.2, -0.15) is 0 Å². The third-order valence-electron chi connectivity index (χ3n) is 3.28.